The van der Waals surface area contributed by atoms with E-state index in [0.29, 0.717) is 5.76 Å². The molecule has 13 heavy (non-hydrogen) atoms. The zero-order valence-electron chi connectivity index (χ0n) is 8.09. The van der Waals surface area contributed by atoms with Crippen LogP contribution in [0.4, 0.5) is 0 Å². The Balaban J connectivity index is 2.66. The van der Waals surface area contributed by atoms with Crippen LogP contribution in [-0.2, 0) is 6.42 Å². The third-order valence-corrected chi connectivity index (χ3v) is 2.63. The fraction of sp³-hybridized carbons (Fsp3) is 0.333. The van der Waals surface area contributed by atoms with Crippen molar-refractivity contribution in [2.24, 2.45) is 0 Å². The summed E-state index contributed by atoms with van der Waals surface area (Å²) in [5.74, 6) is 0.452. The first kappa shape index (κ1) is 8.36. The maximum Gasteiger partial charge on any atom is 0.119 e. The first-order chi connectivity index (χ1) is 6.18. The van der Waals surface area contributed by atoms with E-state index in [1.54, 1.807) is 0 Å². The molecule has 0 saturated heterocycles. The summed E-state index contributed by atoms with van der Waals surface area (Å²) >= 11 is 0. The van der Waals surface area contributed by atoms with E-state index in [1.165, 1.54) is 16.7 Å². The largest absolute Gasteiger partial charge is 0.508 e. The van der Waals surface area contributed by atoms with E-state index >= 15 is 0 Å². The standard InChI is InChI=1S/C12H14O/c1-8-6-9(2)10-4-3-5-12(13)11(10)7-8/h5-7,13H,3-4H2,1-2H3. The van der Waals surface area contributed by atoms with Crippen LogP contribution in [0.15, 0.2) is 18.2 Å². The van der Waals surface area contributed by atoms with Gasteiger partial charge in [0.15, 0.2) is 0 Å². The molecular formula is C12H14O. The van der Waals surface area contributed by atoms with Gasteiger partial charge in [0.2, 0.25) is 0 Å². The predicted octanol–water partition coefficient (Wildman–Crippen LogP) is 3.15. The molecule has 0 unspecified atom stereocenters. The maximum atomic E-state index is 9.67. The number of allylic oxidation sites excluding steroid dienone is 1. The Morgan fingerprint density at radius 2 is 2.00 bits per heavy atom. The molecule has 0 saturated carbocycles. The number of aliphatic hydroxyl groups excluding tert-OH is 1. The molecule has 0 heterocycles. The van der Waals surface area contributed by atoms with Gasteiger partial charge in [0.25, 0.3) is 0 Å². The molecule has 0 spiro atoms. The molecular weight excluding hydrogens is 160 g/mol. The van der Waals surface area contributed by atoms with Crippen molar-refractivity contribution in [1.29, 1.82) is 0 Å². The minimum Gasteiger partial charge on any atom is -0.508 e. The molecule has 0 aromatic heterocycles. The van der Waals surface area contributed by atoms with E-state index in [2.05, 4.69) is 26.0 Å². The van der Waals surface area contributed by atoms with E-state index < -0.39 is 0 Å². The summed E-state index contributed by atoms with van der Waals surface area (Å²) in [4.78, 5) is 0. The van der Waals surface area contributed by atoms with Crippen molar-refractivity contribution in [3.05, 3.63) is 40.5 Å². The second kappa shape index (κ2) is 2.91. The lowest BCUT2D eigenvalue weighted by molar-refractivity contribution is 0.505. The minimum atomic E-state index is 0.452. The fourth-order valence-corrected chi connectivity index (χ4v) is 2.02. The summed E-state index contributed by atoms with van der Waals surface area (Å²) in [5, 5.41) is 9.67. The molecule has 0 aliphatic heterocycles. The molecule has 1 heteroatoms. The number of fused-ring (bicyclic) bond motifs is 1. The van der Waals surface area contributed by atoms with Crippen LogP contribution in [0.2, 0.25) is 0 Å². The highest BCUT2D eigenvalue weighted by Gasteiger charge is 2.13. The fourth-order valence-electron chi connectivity index (χ4n) is 2.02. The lowest BCUT2D eigenvalue weighted by Gasteiger charge is -2.16. The average Bonchev–Trinajstić information content (AvgIpc) is 2.07. The van der Waals surface area contributed by atoms with Gasteiger partial charge >= 0.3 is 0 Å². The zero-order valence-corrected chi connectivity index (χ0v) is 8.09. The van der Waals surface area contributed by atoms with Crippen LogP contribution in [0.5, 0.6) is 0 Å². The van der Waals surface area contributed by atoms with Crippen LogP contribution in [0.1, 0.15) is 28.7 Å². The smallest absolute Gasteiger partial charge is 0.119 e. The van der Waals surface area contributed by atoms with Crippen LogP contribution in [0.3, 0.4) is 0 Å². The van der Waals surface area contributed by atoms with Crippen molar-refractivity contribution in [2.75, 3.05) is 0 Å². The number of rotatable bonds is 0. The lowest BCUT2D eigenvalue weighted by Crippen LogP contribution is -2.02. The summed E-state index contributed by atoms with van der Waals surface area (Å²) < 4.78 is 0. The number of hydrogen-bond acceptors (Lipinski definition) is 1. The van der Waals surface area contributed by atoms with E-state index in [1.807, 2.05) is 6.08 Å². The first-order valence-electron chi connectivity index (χ1n) is 4.68. The Morgan fingerprint density at radius 3 is 2.77 bits per heavy atom. The molecule has 0 atom stereocenters. The monoisotopic (exact) mass is 174 g/mol. The first-order valence-corrected chi connectivity index (χ1v) is 4.68. The van der Waals surface area contributed by atoms with Crippen molar-refractivity contribution in [3.63, 3.8) is 0 Å². The normalized spacial score (nSPS) is 15.1. The van der Waals surface area contributed by atoms with Crippen LogP contribution in [0, 0.1) is 13.8 Å². The van der Waals surface area contributed by atoms with Crippen molar-refractivity contribution in [2.45, 2.75) is 26.7 Å². The Labute approximate surface area is 78.7 Å². The quantitative estimate of drug-likeness (QED) is 0.640. The Bertz CT molecular complexity index is 375. The van der Waals surface area contributed by atoms with E-state index in [-0.39, 0.29) is 0 Å². The van der Waals surface area contributed by atoms with Crippen molar-refractivity contribution in [1.82, 2.24) is 0 Å². The van der Waals surface area contributed by atoms with Crippen molar-refractivity contribution >= 4 is 5.76 Å². The minimum absolute atomic E-state index is 0.452. The van der Waals surface area contributed by atoms with Gasteiger partial charge < -0.3 is 5.11 Å². The maximum absolute atomic E-state index is 9.67. The highest BCUT2D eigenvalue weighted by molar-refractivity contribution is 5.66. The van der Waals surface area contributed by atoms with Crippen molar-refractivity contribution in [3.8, 4) is 0 Å². The third kappa shape index (κ3) is 1.35. The molecule has 1 nitrogen and oxygen atoms in total. The van der Waals surface area contributed by atoms with Gasteiger partial charge in [0, 0.05) is 5.56 Å². The molecule has 0 radical (unpaired) electrons. The van der Waals surface area contributed by atoms with Crippen LogP contribution >= 0.6 is 0 Å². The number of hydrogen-bond donors (Lipinski definition) is 1. The zero-order chi connectivity index (χ0) is 9.42. The van der Waals surface area contributed by atoms with Gasteiger partial charge in [-0.15, -0.1) is 0 Å². The summed E-state index contributed by atoms with van der Waals surface area (Å²) in [5.41, 5.74) is 4.86. The van der Waals surface area contributed by atoms with Gasteiger partial charge in [0.05, 0.1) is 0 Å². The molecule has 68 valence electrons. The molecule has 1 aromatic rings. The summed E-state index contributed by atoms with van der Waals surface area (Å²) in [6, 6.07) is 4.24. The summed E-state index contributed by atoms with van der Waals surface area (Å²) in [6.07, 6.45) is 3.93. The van der Waals surface area contributed by atoms with Gasteiger partial charge in [-0.25, -0.2) is 0 Å². The van der Waals surface area contributed by atoms with Crippen molar-refractivity contribution < 1.29 is 5.11 Å². The summed E-state index contributed by atoms with van der Waals surface area (Å²) in [6.45, 7) is 4.18. The highest BCUT2D eigenvalue weighted by Crippen LogP contribution is 2.28. The van der Waals surface area contributed by atoms with Crippen LogP contribution in [-0.4, -0.2) is 5.11 Å². The van der Waals surface area contributed by atoms with Gasteiger partial charge in [-0.3, -0.25) is 0 Å². The Morgan fingerprint density at radius 1 is 1.23 bits per heavy atom. The molecule has 0 bridgehead atoms. The van der Waals surface area contributed by atoms with E-state index in [4.69, 9.17) is 0 Å². The molecule has 2 rings (SSSR count). The molecule has 1 N–H and O–H groups in total. The second-order valence-electron chi connectivity index (χ2n) is 3.74. The van der Waals surface area contributed by atoms with Gasteiger partial charge in [0.1, 0.15) is 5.76 Å². The average molecular weight is 174 g/mol. The van der Waals surface area contributed by atoms with E-state index in [9.17, 15) is 5.11 Å². The molecule has 1 aromatic carbocycles. The van der Waals surface area contributed by atoms with Crippen LogP contribution < -0.4 is 0 Å². The second-order valence-corrected chi connectivity index (χ2v) is 3.74. The summed E-state index contributed by atoms with van der Waals surface area (Å²) in [7, 11) is 0. The third-order valence-electron chi connectivity index (χ3n) is 2.63. The highest BCUT2D eigenvalue weighted by atomic mass is 16.3. The lowest BCUT2D eigenvalue weighted by atomic mass is 9.90. The van der Waals surface area contributed by atoms with Gasteiger partial charge in [-0.1, -0.05) is 11.6 Å². The number of benzene rings is 1. The van der Waals surface area contributed by atoms with Gasteiger partial charge in [-0.2, -0.15) is 0 Å². The molecule has 1 aliphatic carbocycles. The Hall–Kier alpha value is -1.24. The molecule has 1 aliphatic rings. The predicted molar refractivity (Wildman–Crippen MR) is 54.8 cm³/mol. The van der Waals surface area contributed by atoms with Crippen LogP contribution in [0.25, 0.3) is 5.76 Å². The van der Waals surface area contributed by atoms with Gasteiger partial charge in [-0.05, 0) is 50.0 Å². The molecule has 0 fully saturated rings. The number of aryl methyl sites for hydroxylation is 2. The SMILES string of the molecule is Cc1cc(C)c2c(c1)C(O)=CCC2. The molecule has 0 amide bonds. The topological polar surface area (TPSA) is 20.2 Å². The van der Waals surface area contributed by atoms with E-state index in [0.717, 1.165) is 18.4 Å². The number of aliphatic hydroxyl groups is 1. The Kier molecular flexibility index (Phi) is 1.87.